The summed E-state index contributed by atoms with van der Waals surface area (Å²) in [6.07, 6.45) is 4.78. The highest BCUT2D eigenvalue weighted by atomic mass is 32.1. The van der Waals surface area contributed by atoms with Gasteiger partial charge in [0.25, 0.3) is 0 Å². The average molecular weight is 307 g/mol. The van der Waals surface area contributed by atoms with E-state index in [4.69, 9.17) is 0 Å². The molecule has 1 aromatic rings. The molecule has 114 valence electrons. The molecule has 2 fully saturated rings. The lowest BCUT2D eigenvalue weighted by Crippen LogP contribution is -2.40. The van der Waals surface area contributed by atoms with Gasteiger partial charge < -0.3 is 4.90 Å². The van der Waals surface area contributed by atoms with Crippen molar-refractivity contribution < 1.29 is 9.18 Å². The Labute approximate surface area is 131 Å². The average Bonchev–Trinajstić information content (AvgIpc) is 3.08. The number of likely N-dealkylation sites (tertiary alicyclic amines) is 1. The predicted octanol–water partition coefficient (Wildman–Crippen LogP) is 3.42. The van der Waals surface area contributed by atoms with Crippen LogP contribution in [0, 0.1) is 11.7 Å². The molecule has 1 amide bonds. The summed E-state index contributed by atoms with van der Waals surface area (Å²) >= 11 is 4.31. The van der Waals surface area contributed by atoms with Crippen LogP contribution in [0.4, 0.5) is 4.39 Å². The lowest BCUT2D eigenvalue weighted by Gasteiger charge is -2.34. The summed E-state index contributed by atoms with van der Waals surface area (Å²) in [5, 5.41) is 0. The van der Waals surface area contributed by atoms with E-state index in [0.717, 1.165) is 43.5 Å². The van der Waals surface area contributed by atoms with E-state index in [1.54, 1.807) is 6.07 Å². The Balaban J connectivity index is 1.86. The Bertz CT molecular complexity index is 527. The number of benzene rings is 1. The van der Waals surface area contributed by atoms with Crippen molar-refractivity contribution in [1.82, 2.24) is 4.90 Å². The molecule has 1 saturated carbocycles. The van der Waals surface area contributed by atoms with Crippen molar-refractivity contribution in [3.05, 3.63) is 35.6 Å². The maximum Gasteiger partial charge on any atom is 0.222 e. The fourth-order valence-electron chi connectivity index (χ4n) is 3.95. The summed E-state index contributed by atoms with van der Waals surface area (Å²) in [7, 11) is 0. The van der Waals surface area contributed by atoms with Gasteiger partial charge in [0.05, 0.1) is 0 Å². The SMILES string of the molecule is O=C1CC(CS)CN1CC1(c2ccccc2F)CCCC1. The normalized spacial score (nSPS) is 24.8. The fourth-order valence-corrected chi connectivity index (χ4v) is 4.19. The summed E-state index contributed by atoms with van der Waals surface area (Å²) in [6, 6.07) is 7.08. The van der Waals surface area contributed by atoms with Crippen LogP contribution in [-0.4, -0.2) is 29.6 Å². The molecule has 0 N–H and O–H groups in total. The van der Waals surface area contributed by atoms with Gasteiger partial charge in [-0.2, -0.15) is 12.6 Å². The first-order chi connectivity index (χ1) is 10.1. The molecule has 1 unspecified atom stereocenters. The molecule has 1 aromatic carbocycles. The number of halogens is 1. The molecular weight excluding hydrogens is 285 g/mol. The van der Waals surface area contributed by atoms with Crippen molar-refractivity contribution in [2.24, 2.45) is 5.92 Å². The molecule has 1 heterocycles. The Morgan fingerprint density at radius 1 is 1.29 bits per heavy atom. The van der Waals surface area contributed by atoms with Crippen LogP contribution < -0.4 is 0 Å². The van der Waals surface area contributed by atoms with E-state index in [1.165, 1.54) is 6.07 Å². The fraction of sp³-hybridized carbons (Fsp3) is 0.588. The Kier molecular flexibility index (Phi) is 4.25. The smallest absolute Gasteiger partial charge is 0.222 e. The minimum Gasteiger partial charge on any atom is -0.341 e. The molecule has 1 aliphatic carbocycles. The van der Waals surface area contributed by atoms with Crippen LogP contribution in [0.3, 0.4) is 0 Å². The molecule has 0 radical (unpaired) electrons. The van der Waals surface area contributed by atoms with Gasteiger partial charge in [0, 0.05) is 24.9 Å². The van der Waals surface area contributed by atoms with E-state index >= 15 is 0 Å². The molecule has 1 aliphatic heterocycles. The predicted molar refractivity (Wildman–Crippen MR) is 85.1 cm³/mol. The molecule has 3 rings (SSSR count). The van der Waals surface area contributed by atoms with Crippen molar-refractivity contribution in [2.75, 3.05) is 18.8 Å². The second-order valence-corrected chi connectivity index (χ2v) is 6.86. The highest BCUT2D eigenvalue weighted by Gasteiger charge is 2.42. The Morgan fingerprint density at radius 2 is 2.00 bits per heavy atom. The van der Waals surface area contributed by atoms with Gasteiger partial charge in [-0.1, -0.05) is 31.0 Å². The summed E-state index contributed by atoms with van der Waals surface area (Å²) < 4.78 is 14.3. The third-order valence-electron chi connectivity index (χ3n) is 5.05. The molecular formula is C17H22FNOS. The molecule has 21 heavy (non-hydrogen) atoms. The second-order valence-electron chi connectivity index (χ2n) is 6.49. The van der Waals surface area contributed by atoms with Crippen molar-refractivity contribution >= 4 is 18.5 Å². The standard InChI is InChI=1S/C17H22FNOS/c18-15-6-2-1-5-14(15)17(7-3-4-8-17)12-19-10-13(11-21)9-16(19)20/h1-2,5-6,13,21H,3-4,7-12H2. The summed E-state index contributed by atoms with van der Waals surface area (Å²) in [4.78, 5) is 14.1. The van der Waals surface area contributed by atoms with Crippen molar-refractivity contribution in [3.8, 4) is 0 Å². The van der Waals surface area contributed by atoms with Crippen LogP contribution >= 0.6 is 12.6 Å². The van der Waals surface area contributed by atoms with Crippen LogP contribution in [0.25, 0.3) is 0 Å². The maximum atomic E-state index is 14.3. The van der Waals surface area contributed by atoms with E-state index in [0.29, 0.717) is 18.9 Å². The van der Waals surface area contributed by atoms with Gasteiger partial charge in [0.15, 0.2) is 0 Å². The van der Waals surface area contributed by atoms with Crippen LogP contribution in [-0.2, 0) is 10.2 Å². The zero-order valence-electron chi connectivity index (χ0n) is 12.2. The van der Waals surface area contributed by atoms with Crippen LogP contribution in [0.5, 0.6) is 0 Å². The van der Waals surface area contributed by atoms with Crippen LogP contribution in [0.15, 0.2) is 24.3 Å². The Morgan fingerprint density at radius 3 is 2.62 bits per heavy atom. The highest BCUT2D eigenvalue weighted by Crippen LogP contribution is 2.43. The molecule has 0 spiro atoms. The number of carbonyl (C=O) groups is 1. The first-order valence-corrected chi connectivity index (χ1v) is 8.41. The minimum atomic E-state index is -0.188. The number of nitrogens with zero attached hydrogens (tertiary/aromatic N) is 1. The van der Waals surface area contributed by atoms with Gasteiger partial charge in [-0.15, -0.1) is 0 Å². The van der Waals surface area contributed by atoms with Crippen molar-refractivity contribution in [1.29, 1.82) is 0 Å². The largest absolute Gasteiger partial charge is 0.341 e. The number of thiol groups is 1. The zero-order valence-corrected chi connectivity index (χ0v) is 13.1. The summed E-state index contributed by atoms with van der Waals surface area (Å²) in [5.41, 5.74) is 0.608. The number of hydrogen-bond acceptors (Lipinski definition) is 2. The summed E-state index contributed by atoms with van der Waals surface area (Å²) in [6.45, 7) is 1.44. The molecule has 4 heteroatoms. The van der Waals surface area contributed by atoms with Gasteiger partial charge in [0.2, 0.25) is 5.91 Å². The van der Waals surface area contributed by atoms with Gasteiger partial charge in [-0.3, -0.25) is 4.79 Å². The first-order valence-electron chi connectivity index (χ1n) is 7.78. The number of hydrogen-bond donors (Lipinski definition) is 1. The monoisotopic (exact) mass is 307 g/mol. The van der Waals surface area contributed by atoms with E-state index in [1.807, 2.05) is 17.0 Å². The number of amides is 1. The molecule has 2 nitrogen and oxygen atoms in total. The van der Waals surface area contributed by atoms with Gasteiger partial charge >= 0.3 is 0 Å². The van der Waals surface area contributed by atoms with Gasteiger partial charge in [-0.25, -0.2) is 4.39 Å². The van der Waals surface area contributed by atoms with Crippen LogP contribution in [0.2, 0.25) is 0 Å². The van der Waals surface area contributed by atoms with E-state index in [-0.39, 0.29) is 17.1 Å². The zero-order chi connectivity index (χ0) is 14.9. The van der Waals surface area contributed by atoms with Crippen LogP contribution in [0.1, 0.15) is 37.7 Å². The van der Waals surface area contributed by atoms with Crippen molar-refractivity contribution in [2.45, 2.75) is 37.5 Å². The van der Waals surface area contributed by atoms with E-state index < -0.39 is 0 Å². The number of rotatable bonds is 4. The molecule has 0 bridgehead atoms. The maximum absolute atomic E-state index is 14.3. The topological polar surface area (TPSA) is 20.3 Å². The lowest BCUT2D eigenvalue weighted by molar-refractivity contribution is -0.128. The van der Waals surface area contributed by atoms with Gasteiger partial charge in [0.1, 0.15) is 5.82 Å². The highest BCUT2D eigenvalue weighted by molar-refractivity contribution is 7.80. The van der Waals surface area contributed by atoms with Crippen molar-refractivity contribution in [3.63, 3.8) is 0 Å². The molecule has 1 saturated heterocycles. The second kappa shape index (κ2) is 5.99. The number of carbonyl (C=O) groups excluding carboxylic acids is 1. The van der Waals surface area contributed by atoms with E-state index in [2.05, 4.69) is 12.6 Å². The summed E-state index contributed by atoms with van der Waals surface area (Å²) in [5.74, 6) is 1.17. The lowest BCUT2D eigenvalue weighted by atomic mass is 9.78. The quantitative estimate of drug-likeness (QED) is 0.845. The third kappa shape index (κ3) is 2.83. The Hall–Kier alpha value is -1.03. The van der Waals surface area contributed by atoms with Gasteiger partial charge in [-0.05, 0) is 36.1 Å². The van der Waals surface area contributed by atoms with E-state index in [9.17, 15) is 9.18 Å². The third-order valence-corrected chi connectivity index (χ3v) is 5.57. The first kappa shape index (κ1) is 14.9. The molecule has 1 atom stereocenters. The molecule has 2 aliphatic rings. The minimum absolute atomic E-state index is 0.128. The molecule has 0 aromatic heterocycles.